The molecule has 0 aliphatic carbocycles. The second-order valence-electron chi connectivity index (χ2n) is 6.43. The lowest BCUT2D eigenvalue weighted by atomic mass is 9.99. The summed E-state index contributed by atoms with van der Waals surface area (Å²) in [6.45, 7) is 8.41. The quantitative estimate of drug-likeness (QED) is 0.504. The summed E-state index contributed by atoms with van der Waals surface area (Å²) in [6.07, 6.45) is -8.72. The molecule has 0 aliphatic rings. The standard InChI is InChI=1S/C16H19F6NOS/c1-6-13(23(5)25(24)14(2,3)4)10-7-11(15(17,18)19)9-12(8-10)16(20,21)22/h6-9,13H,1H2,2-5H3. The SMILES string of the molecule is C=CC(c1cc(C(F)(F)F)cc(C(F)(F)F)c1)N(C)S(=O)C(C)(C)C. The van der Waals surface area contributed by atoms with E-state index in [1.165, 1.54) is 17.4 Å². The normalized spacial score (nSPS) is 16.0. The van der Waals surface area contributed by atoms with Gasteiger partial charge in [0.25, 0.3) is 0 Å². The first-order valence-corrected chi connectivity index (χ1v) is 8.26. The molecule has 0 radical (unpaired) electrons. The van der Waals surface area contributed by atoms with E-state index in [-0.39, 0.29) is 11.6 Å². The molecule has 2 atom stereocenters. The van der Waals surface area contributed by atoms with Gasteiger partial charge in [-0.15, -0.1) is 6.58 Å². The van der Waals surface area contributed by atoms with Gasteiger partial charge < -0.3 is 0 Å². The van der Waals surface area contributed by atoms with E-state index in [9.17, 15) is 30.6 Å². The number of hydrogen-bond donors (Lipinski definition) is 0. The minimum absolute atomic E-state index is 0.0599. The van der Waals surface area contributed by atoms with Gasteiger partial charge in [-0.2, -0.15) is 26.3 Å². The topological polar surface area (TPSA) is 20.3 Å². The lowest BCUT2D eigenvalue weighted by molar-refractivity contribution is -0.143. The van der Waals surface area contributed by atoms with Crippen LogP contribution in [0, 0.1) is 0 Å². The van der Waals surface area contributed by atoms with Crippen LogP contribution in [-0.2, 0) is 23.3 Å². The second kappa shape index (κ2) is 7.11. The van der Waals surface area contributed by atoms with Crippen LogP contribution in [0.5, 0.6) is 0 Å². The molecule has 0 N–H and O–H groups in total. The number of benzene rings is 1. The van der Waals surface area contributed by atoms with E-state index in [1.54, 1.807) is 20.8 Å². The molecule has 1 aromatic rings. The van der Waals surface area contributed by atoms with Gasteiger partial charge >= 0.3 is 12.4 Å². The van der Waals surface area contributed by atoms with E-state index in [4.69, 9.17) is 0 Å². The van der Waals surface area contributed by atoms with Gasteiger partial charge in [-0.3, -0.25) is 0 Å². The van der Waals surface area contributed by atoms with E-state index in [2.05, 4.69) is 6.58 Å². The van der Waals surface area contributed by atoms with Gasteiger partial charge in [0, 0.05) is 7.05 Å². The summed E-state index contributed by atoms with van der Waals surface area (Å²) in [7, 11) is -0.306. The van der Waals surface area contributed by atoms with Gasteiger partial charge in [0.05, 0.1) is 21.9 Å². The first kappa shape index (κ1) is 21.7. The van der Waals surface area contributed by atoms with Crippen molar-refractivity contribution in [2.24, 2.45) is 0 Å². The van der Waals surface area contributed by atoms with Crippen LogP contribution >= 0.6 is 0 Å². The lowest BCUT2D eigenvalue weighted by Crippen LogP contribution is -2.37. The molecule has 0 amide bonds. The largest absolute Gasteiger partial charge is 0.416 e. The summed E-state index contributed by atoms with van der Waals surface area (Å²) in [4.78, 5) is 0. The van der Waals surface area contributed by atoms with E-state index >= 15 is 0 Å². The van der Waals surface area contributed by atoms with E-state index < -0.39 is 45.3 Å². The molecule has 1 aromatic carbocycles. The first-order valence-electron chi connectivity index (χ1n) is 7.15. The van der Waals surface area contributed by atoms with Gasteiger partial charge in [0.2, 0.25) is 0 Å². The zero-order valence-electron chi connectivity index (χ0n) is 14.1. The van der Waals surface area contributed by atoms with Crippen molar-refractivity contribution < 1.29 is 30.6 Å². The number of hydrogen-bond acceptors (Lipinski definition) is 1. The van der Waals surface area contributed by atoms with Crippen molar-refractivity contribution in [2.75, 3.05) is 7.05 Å². The van der Waals surface area contributed by atoms with Gasteiger partial charge in [-0.05, 0) is 44.5 Å². The van der Waals surface area contributed by atoms with Crippen molar-refractivity contribution in [3.05, 3.63) is 47.5 Å². The summed E-state index contributed by atoms with van der Waals surface area (Å²) in [5, 5.41) is 0. The van der Waals surface area contributed by atoms with E-state index in [0.29, 0.717) is 12.1 Å². The summed E-state index contributed by atoms with van der Waals surface area (Å²) in [5.74, 6) is 0. The Balaban J connectivity index is 3.52. The third-order valence-electron chi connectivity index (χ3n) is 3.35. The molecule has 0 saturated heterocycles. The fourth-order valence-corrected chi connectivity index (χ4v) is 3.46. The van der Waals surface area contributed by atoms with Gasteiger partial charge in [-0.1, -0.05) is 6.08 Å². The summed E-state index contributed by atoms with van der Waals surface area (Å²) in [5.41, 5.74) is -3.12. The molecule has 9 heteroatoms. The first-order chi connectivity index (χ1) is 11.1. The molecule has 142 valence electrons. The molecule has 0 aromatic heterocycles. The molecule has 2 nitrogen and oxygen atoms in total. The highest BCUT2D eigenvalue weighted by atomic mass is 32.2. The number of halogens is 6. The summed E-state index contributed by atoms with van der Waals surface area (Å²) in [6, 6.07) is 0.226. The number of likely N-dealkylation sites (N-methyl/N-ethyl adjacent to an activating group) is 1. The van der Waals surface area contributed by atoms with Crippen LogP contribution in [0.1, 0.15) is 43.5 Å². The summed E-state index contributed by atoms with van der Waals surface area (Å²) >= 11 is 0. The van der Waals surface area contributed by atoms with Crippen molar-refractivity contribution in [2.45, 2.75) is 43.9 Å². The van der Waals surface area contributed by atoms with Crippen LogP contribution < -0.4 is 0 Å². The van der Waals surface area contributed by atoms with Crippen LogP contribution in [-0.4, -0.2) is 20.3 Å². The Morgan fingerprint density at radius 3 is 1.68 bits per heavy atom. The molecular weight excluding hydrogens is 368 g/mol. The third kappa shape index (κ3) is 5.31. The van der Waals surface area contributed by atoms with Crippen molar-refractivity contribution in [3.63, 3.8) is 0 Å². The maximum absolute atomic E-state index is 13.0. The molecule has 2 unspecified atom stereocenters. The zero-order chi connectivity index (χ0) is 19.8. The van der Waals surface area contributed by atoms with E-state index in [0.717, 1.165) is 0 Å². The highest BCUT2D eigenvalue weighted by Gasteiger charge is 2.38. The highest BCUT2D eigenvalue weighted by Crippen LogP contribution is 2.38. The van der Waals surface area contributed by atoms with Crippen LogP contribution in [0.15, 0.2) is 30.9 Å². The Kier molecular flexibility index (Phi) is 6.17. The van der Waals surface area contributed by atoms with Gasteiger partial charge in [0.15, 0.2) is 0 Å². The number of alkyl halides is 6. The predicted molar refractivity (Wildman–Crippen MR) is 85.0 cm³/mol. The third-order valence-corrected chi connectivity index (χ3v) is 5.15. The van der Waals surface area contributed by atoms with Crippen molar-refractivity contribution in [1.29, 1.82) is 0 Å². The molecule has 0 aliphatic heterocycles. The number of nitrogens with zero attached hydrogens (tertiary/aromatic N) is 1. The minimum Gasteiger partial charge on any atom is -0.242 e. The molecule has 0 spiro atoms. The Hall–Kier alpha value is -1.35. The predicted octanol–water partition coefficient (Wildman–Crippen LogP) is 5.35. The molecule has 25 heavy (non-hydrogen) atoms. The van der Waals surface area contributed by atoms with Crippen LogP contribution in [0.3, 0.4) is 0 Å². The second-order valence-corrected chi connectivity index (χ2v) is 8.73. The molecule has 1 rings (SSSR count). The highest BCUT2D eigenvalue weighted by molar-refractivity contribution is 7.84. The average molecular weight is 387 g/mol. The van der Waals surface area contributed by atoms with Crippen molar-refractivity contribution in [1.82, 2.24) is 4.31 Å². The Bertz CT molecular complexity index is 628. The maximum Gasteiger partial charge on any atom is 0.416 e. The molecular formula is C16H19F6NOS. The van der Waals surface area contributed by atoms with E-state index in [1.807, 2.05) is 0 Å². The van der Waals surface area contributed by atoms with Gasteiger partial charge in [0.1, 0.15) is 11.0 Å². The lowest BCUT2D eigenvalue weighted by Gasteiger charge is -2.31. The smallest absolute Gasteiger partial charge is 0.242 e. The monoisotopic (exact) mass is 387 g/mol. The van der Waals surface area contributed by atoms with Gasteiger partial charge in [-0.25, -0.2) is 8.51 Å². The molecule has 0 heterocycles. The number of rotatable bonds is 4. The Morgan fingerprint density at radius 1 is 1.00 bits per heavy atom. The Labute approximate surface area is 145 Å². The van der Waals surface area contributed by atoms with Crippen molar-refractivity contribution in [3.8, 4) is 0 Å². The van der Waals surface area contributed by atoms with Crippen molar-refractivity contribution >= 4 is 11.0 Å². The molecule has 0 bridgehead atoms. The minimum atomic E-state index is -4.94. The molecule has 0 fully saturated rings. The fraction of sp³-hybridized carbons (Fsp3) is 0.500. The Morgan fingerprint density at radius 2 is 1.40 bits per heavy atom. The zero-order valence-corrected chi connectivity index (χ0v) is 14.9. The fourth-order valence-electron chi connectivity index (χ4n) is 2.18. The average Bonchev–Trinajstić information content (AvgIpc) is 2.44. The van der Waals surface area contributed by atoms with Crippen LogP contribution in [0.4, 0.5) is 26.3 Å². The molecule has 0 saturated carbocycles. The maximum atomic E-state index is 13.0. The van der Waals surface area contributed by atoms with Crippen LogP contribution in [0.25, 0.3) is 0 Å². The summed E-state index contributed by atoms with van der Waals surface area (Å²) < 4.78 is 90.8. The van der Waals surface area contributed by atoms with Crippen LogP contribution in [0.2, 0.25) is 0 Å².